The minimum Gasteiger partial charge on any atom is -0.452 e. The monoisotopic (exact) mass is 304 g/mol. The van der Waals surface area contributed by atoms with Crippen molar-refractivity contribution >= 4 is 35.0 Å². The van der Waals surface area contributed by atoms with Crippen molar-refractivity contribution in [2.24, 2.45) is 0 Å². The molecule has 1 N–H and O–H groups in total. The zero-order valence-corrected chi connectivity index (χ0v) is 11.6. The van der Waals surface area contributed by atoms with Crippen molar-refractivity contribution in [2.45, 2.75) is 0 Å². The predicted octanol–water partition coefficient (Wildman–Crippen LogP) is 2.41. The fourth-order valence-electron chi connectivity index (χ4n) is 2.09. The van der Waals surface area contributed by atoms with Crippen LogP contribution in [0.4, 0.5) is 5.69 Å². The zero-order valence-electron chi connectivity index (χ0n) is 10.8. The summed E-state index contributed by atoms with van der Waals surface area (Å²) in [4.78, 5) is 36.7. The Bertz CT molecular complexity index is 781. The summed E-state index contributed by atoms with van der Waals surface area (Å²) >= 11 is 5.72. The van der Waals surface area contributed by atoms with E-state index in [1.807, 2.05) is 0 Å². The lowest BCUT2D eigenvalue weighted by Gasteiger charge is -2.05. The molecule has 0 bridgehead atoms. The van der Waals surface area contributed by atoms with E-state index in [9.17, 15) is 14.4 Å². The quantitative estimate of drug-likeness (QED) is 0.864. The number of fused-ring (bicyclic) bond motifs is 1. The summed E-state index contributed by atoms with van der Waals surface area (Å²) in [5, 5.41) is 2.59. The highest BCUT2D eigenvalue weighted by Crippen LogP contribution is 2.25. The van der Waals surface area contributed by atoms with E-state index in [4.69, 9.17) is 16.0 Å². The molecule has 1 aromatic carbocycles. The first-order valence-electron chi connectivity index (χ1n) is 6.00. The van der Waals surface area contributed by atoms with Crippen LogP contribution in [-0.2, 0) is 0 Å². The predicted molar refractivity (Wildman–Crippen MR) is 74.5 cm³/mol. The van der Waals surface area contributed by atoms with Crippen molar-refractivity contribution in [1.29, 1.82) is 0 Å². The molecule has 0 atom stereocenters. The van der Waals surface area contributed by atoms with Gasteiger partial charge in [0.05, 0.1) is 23.0 Å². The summed E-state index contributed by atoms with van der Waals surface area (Å²) in [5.41, 5.74) is 1.17. The normalized spacial score (nSPS) is 13.5. The van der Waals surface area contributed by atoms with E-state index in [2.05, 4.69) is 5.32 Å². The molecule has 0 radical (unpaired) electrons. The lowest BCUT2D eigenvalue weighted by Crippen LogP contribution is -2.24. The Morgan fingerprint density at radius 1 is 1.19 bits per heavy atom. The second kappa shape index (κ2) is 4.75. The first kappa shape index (κ1) is 13.4. The van der Waals surface area contributed by atoms with Gasteiger partial charge in [0.2, 0.25) is 5.22 Å². The van der Waals surface area contributed by atoms with Crippen molar-refractivity contribution in [3.63, 3.8) is 0 Å². The summed E-state index contributed by atoms with van der Waals surface area (Å²) in [6, 6.07) is 5.96. The van der Waals surface area contributed by atoms with Crippen LogP contribution >= 0.6 is 11.6 Å². The highest BCUT2D eigenvalue weighted by Gasteiger charge is 2.32. The number of carbonyl (C=O) groups is 3. The summed E-state index contributed by atoms with van der Waals surface area (Å²) < 4.78 is 4.84. The van der Waals surface area contributed by atoms with Crippen molar-refractivity contribution in [3.05, 3.63) is 52.4 Å². The number of nitrogens with one attached hydrogen (secondary N) is 1. The number of rotatable bonds is 2. The molecular formula is C14H9ClN2O4. The second-order valence-corrected chi connectivity index (χ2v) is 4.84. The lowest BCUT2D eigenvalue weighted by atomic mass is 10.1. The highest BCUT2D eigenvalue weighted by atomic mass is 35.5. The minimum atomic E-state index is -0.459. The van der Waals surface area contributed by atoms with Gasteiger partial charge < -0.3 is 9.73 Å². The number of carbonyl (C=O) groups excluding carboxylic acids is 3. The van der Waals surface area contributed by atoms with Gasteiger partial charge in [0.15, 0.2) is 0 Å². The van der Waals surface area contributed by atoms with Gasteiger partial charge in [-0.3, -0.25) is 19.3 Å². The van der Waals surface area contributed by atoms with Gasteiger partial charge in [-0.05, 0) is 35.9 Å². The number of furan rings is 1. The fourth-order valence-corrected chi connectivity index (χ4v) is 2.29. The van der Waals surface area contributed by atoms with E-state index in [0.29, 0.717) is 11.3 Å². The lowest BCUT2D eigenvalue weighted by molar-refractivity contribution is 0.0692. The molecule has 6 nitrogen and oxygen atoms in total. The van der Waals surface area contributed by atoms with Crippen molar-refractivity contribution in [2.75, 3.05) is 12.4 Å². The molecule has 0 aliphatic carbocycles. The summed E-state index contributed by atoms with van der Waals surface area (Å²) in [7, 11) is 1.41. The van der Waals surface area contributed by atoms with Gasteiger partial charge in [-0.2, -0.15) is 0 Å². The maximum Gasteiger partial charge on any atom is 0.261 e. The van der Waals surface area contributed by atoms with Gasteiger partial charge in [-0.15, -0.1) is 0 Å². The number of halogens is 1. The topological polar surface area (TPSA) is 79.6 Å². The Kier molecular flexibility index (Phi) is 3.03. The maximum atomic E-state index is 12.0. The number of hydrogen-bond donors (Lipinski definition) is 1. The minimum absolute atomic E-state index is 0.0142. The van der Waals surface area contributed by atoms with Crippen LogP contribution in [0, 0.1) is 0 Å². The van der Waals surface area contributed by atoms with Crippen LogP contribution in [0.2, 0.25) is 5.22 Å². The molecular weight excluding hydrogens is 296 g/mol. The van der Waals surface area contributed by atoms with Crippen LogP contribution in [0.3, 0.4) is 0 Å². The molecule has 7 heteroatoms. The molecule has 21 heavy (non-hydrogen) atoms. The van der Waals surface area contributed by atoms with Gasteiger partial charge >= 0.3 is 0 Å². The molecule has 1 aromatic heterocycles. The Hall–Kier alpha value is -2.60. The third kappa shape index (κ3) is 2.09. The summed E-state index contributed by atoms with van der Waals surface area (Å²) in [6.07, 6.45) is 1.30. The van der Waals surface area contributed by atoms with Crippen LogP contribution in [0.1, 0.15) is 31.1 Å². The van der Waals surface area contributed by atoms with Crippen molar-refractivity contribution in [1.82, 2.24) is 4.90 Å². The number of hydrogen-bond acceptors (Lipinski definition) is 4. The zero-order chi connectivity index (χ0) is 15.1. The molecule has 2 aromatic rings. The van der Waals surface area contributed by atoms with E-state index in [-0.39, 0.29) is 22.3 Å². The van der Waals surface area contributed by atoms with E-state index in [0.717, 1.165) is 4.90 Å². The molecule has 1 aliphatic rings. The standard InChI is InChI=1S/C14H9ClN2O4/c1-17-13(19)8-3-2-7(6-10(8)14(17)20)16-12(18)9-4-5-21-11(9)15/h2-6H,1H3,(H,16,18). The molecule has 0 spiro atoms. The Morgan fingerprint density at radius 2 is 1.90 bits per heavy atom. The largest absolute Gasteiger partial charge is 0.452 e. The van der Waals surface area contributed by atoms with E-state index < -0.39 is 11.8 Å². The van der Waals surface area contributed by atoms with Crippen LogP contribution in [-0.4, -0.2) is 29.7 Å². The van der Waals surface area contributed by atoms with Crippen LogP contribution < -0.4 is 5.32 Å². The van der Waals surface area contributed by atoms with Crippen LogP contribution in [0.5, 0.6) is 0 Å². The van der Waals surface area contributed by atoms with Gasteiger partial charge in [0, 0.05) is 12.7 Å². The van der Waals surface area contributed by atoms with Crippen molar-refractivity contribution < 1.29 is 18.8 Å². The van der Waals surface area contributed by atoms with Crippen molar-refractivity contribution in [3.8, 4) is 0 Å². The summed E-state index contributed by atoms with van der Waals surface area (Å²) in [5.74, 6) is -1.21. The Morgan fingerprint density at radius 3 is 2.57 bits per heavy atom. The molecule has 0 saturated carbocycles. The second-order valence-electron chi connectivity index (χ2n) is 4.49. The third-order valence-corrected chi connectivity index (χ3v) is 3.50. The molecule has 0 saturated heterocycles. The van der Waals surface area contributed by atoms with Crippen LogP contribution in [0.25, 0.3) is 0 Å². The maximum absolute atomic E-state index is 12.0. The molecule has 3 rings (SSSR count). The average molecular weight is 305 g/mol. The Labute approximate surface area is 124 Å². The molecule has 106 valence electrons. The SMILES string of the molecule is CN1C(=O)c2ccc(NC(=O)c3ccoc3Cl)cc2C1=O. The summed E-state index contributed by atoms with van der Waals surface area (Å²) in [6.45, 7) is 0. The number of benzene rings is 1. The first-order chi connectivity index (χ1) is 9.99. The number of imide groups is 1. The van der Waals surface area contributed by atoms with Gasteiger partial charge in [-0.1, -0.05) is 0 Å². The molecule has 1 aliphatic heterocycles. The van der Waals surface area contributed by atoms with Crippen LogP contribution in [0.15, 0.2) is 34.9 Å². The number of amides is 3. The number of anilines is 1. The van der Waals surface area contributed by atoms with E-state index >= 15 is 0 Å². The van der Waals surface area contributed by atoms with Gasteiger partial charge in [0.25, 0.3) is 17.7 Å². The van der Waals surface area contributed by atoms with Gasteiger partial charge in [0.1, 0.15) is 0 Å². The highest BCUT2D eigenvalue weighted by molar-refractivity contribution is 6.32. The smallest absolute Gasteiger partial charge is 0.261 e. The fraction of sp³-hybridized carbons (Fsp3) is 0.0714. The molecule has 3 amide bonds. The molecule has 0 unspecified atom stereocenters. The number of nitrogens with zero attached hydrogens (tertiary/aromatic N) is 1. The Balaban J connectivity index is 1.89. The average Bonchev–Trinajstić information content (AvgIpc) is 2.98. The third-order valence-electron chi connectivity index (χ3n) is 3.21. The molecule has 0 fully saturated rings. The van der Waals surface area contributed by atoms with Gasteiger partial charge in [-0.25, -0.2) is 0 Å². The first-order valence-corrected chi connectivity index (χ1v) is 6.37. The van der Waals surface area contributed by atoms with E-state index in [1.165, 1.54) is 31.5 Å². The molecule has 2 heterocycles. The van der Waals surface area contributed by atoms with E-state index in [1.54, 1.807) is 6.07 Å².